The van der Waals surface area contributed by atoms with Crippen molar-refractivity contribution >= 4 is 11.8 Å². The number of nitrogens with one attached hydrogen (secondary N) is 1. The Labute approximate surface area is 160 Å². The first-order valence-electron chi connectivity index (χ1n) is 9.99. The Bertz CT molecular complexity index is 716. The summed E-state index contributed by atoms with van der Waals surface area (Å²) in [6, 6.07) is -0.0858. The molecule has 2 fully saturated rings. The van der Waals surface area contributed by atoms with Crippen LogP contribution >= 0.6 is 0 Å². The second kappa shape index (κ2) is 7.62. The zero-order valence-electron chi connectivity index (χ0n) is 16.7. The first kappa shape index (κ1) is 19.9. The molecule has 150 valence electrons. The van der Waals surface area contributed by atoms with Crippen LogP contribution in [0.1, 0.15) is 74.7 Å². The van der Waals surface area contributed by atoms with E-state index in [9.17, 15) is 14.7 Å². The van der Waals surface area contributed by atoms with Crippen LogP contribution in [-0.4, -0.2) is 51.7 Å². The van der Waals surface area contributed by atoms with Crippen LogP contribution in [0.15, 0.2) is 4.52 Å². The van der Waals surface area contributed by atoms with Gasteiger partial charge in [-0.15, -0.1) is 0 Å². The minimum atomic E-state index is -0.417. The van der Waals surface area contributed by atoms with Gasteiger partial charge in [0.25, 0.3) is 5.91 Å². The van der Waals surface area contributed by atoms with Crippen molar-refractivity contribution in [1.29, 1.82) is 0 Å². The normalized spacial score (nSPS) is 30.7. The zero-order valence-corrected chi connectivity index (χ0v) is 16.7. The van der Waals surface area contributed by atoms with E-state index in [2.05, 4.69) is 17.4 Å². The molecule has 1 saturated heterocycles. The predicted octanol–water partition coefficient (Wildman–Crippen LogP) is 2.21. The molecule has 4 atom stereocenters. The standard InChI is InChI=1S/C20H31N3O4/c1-5-15-18(12(2)27-22-15)19(26)21-11-14-10-20(4)16(23(14)13(3)24)8-6-7-9-17(20)25/h14,16-17,25H,5-11H2,1-4H3,(H,21,26)/t14-,16-,17+,20-/m1/s1. The van der Waals surface area contributed by atoms with Gasteiger partial charge in [0.05, 0.1) is 17.8 Å². The maximum absolute atomic E-state index is 12.7. The SMILES string of the molecule is CCc1noc(C)c1C(=O)NC[C@H]1C[C@@]2(C)[C@@H](O)CCCC[C@H]2N1C(C)=O. The van der Waals surface area contributed by atoms with Gasteiger partial charge < -0.3 is 19.8 Å². The van der Waals surface area contributed by atoms with Gasteiger partial charge in [-0.1, -0.05) is 31.8 Å². The van der Waals surface area contributed by atoms with Gasteiger partial charge in [0.1, 0.15) is 11.3 Å². The lowest BCUT2D eigenvalue weighted by atomic mass is 9.75. The first-order valence-corrected chi connectivity index (χ1v) is 9.99. The molecule has 2 aliphatic rings. The summed E-state index contributed by atoms with van der Waals surface area (Å²) >= 11 is 0. The van der Waals surface area contributed by atoms with Crippen molar-refractivity contribution in [1.82, 2.24) is 15.4 Å². The Kier molecular flexibility index (Phi) is 5.60. The van der Waals surface area contributed by atoms with E-state index in [0.29, 0.717) is 36.4 Å². The molecule has 27 heavy (non-hydrogen) atoms. The molecule has 7 heteroatoms. The van der Waals surface area contributed by atoms with Gasteiger partial charge in [0, 0.05) is 24.9 Å². The van der Waals surface area contributed by atoms with Crippen molar-refractivity contribution in [3.8, 4) is 0 Å². The number of aliphatic hydroxyl groups excluding tert-OH is 1. The lowest BCUT2D eigenvalue weighted by Gasteiger charge is -2.37. The van der Waals surface area contributed by atoms with Gasteiger partial charge in [-0.05, 0) is 32.6 Å². The number of hydrogen-bond acceptors (Lipinski definition) is 5. The first-order chi connectivity index (χ1) is 12.8. The van der Waals surface area contributed by atoms with E-state index in [1.54, 1.807) is 13.8 Å². The summed E-state index contributed by atoms with van der Waals surface area (Å²) in [6.45, 7) is 7.69. The number of aliphatic hydroxyl groups is 1. The summed E-state index contributed by atoms with van der Waals surface area (Å²) in [5.41, 5.74) is 0.817. The van der Waals surface area contributed by atoms with E-state index in [4.69, 9.17) is 4.52 Å². The lowest BCUT2D eigenvalue weighted by Crippen LogP contribution is -2.48. The number of carbonyl (C=O) groups is 2. The molecule has 0 spiro atoms. The van der Waals surface area contributed by atoms with Crippen molar-refractivity contribution in [2.75, 3.05) is 6.54 Å². The Morgan fingerprint density at radius 3 is 2.74 bits per heavy atom. The van der Waals surface area contributed by atoms with Crippen LogP contribution in [0.4, 0.5) is 0 Å². The highest BCUT2D eigenvalue weighted by molar-refractivity contribution is 5.96. The minimum Gasteiger partial charge on any atom is -0.392 e. The molecule has 2 N–H and O–H groups in total. The third-order valence-corrected chi connectivity index (χ3v) is 6.49. The second-order valence-electron chi connectivity index (χ2n) is 8.23. The van der Waals surface area contributed by atoms with Gasteiger partial charge in [-0.2, -0.15) is 0 Å². The number of hydrogen-bond donors (Lipinski definition) is 2. The number of fused-ring (bicyclic) bond motifs is 1. The largest absolute Gasteiger partial charge is 0.392 e. The van der Waals surface area contributed by atoms with E-state index >= 15 is 0 Å². The number of aromatic nitrogens is 1. The molecule has 3 rings (SSSR count). The molecule has 1 aliphatic carbocycles. The molecule has 0 unspecified atom stereocenters. The summed E-state index contributed by atoms with van der Waals surface area (Å²) in [7, 11) is 0. The average molecular weight is 377 g/mol. The maximum atomic E-state index is 12.7. The summed E-state index contributed by atoms with van der Waals surface area (Å²) in [4.78, 5) is 27.0. The van der Waals surface area contributed by atoms with E-state index in [1.165, 1.54) is 0 Å². The number of nitrogens with zero attached hydrogens (tertiary/aromatic N) is 2. The van der Waals surface area contributed by atoms with Crippen molar-refractivity contribution < 1.29 is 19.2 Å². The van der Waals surface area contributed by atoms with Crippen molar-refractivity contribution in [2.24, 2.45) is 5.41 Å². The van der Waals surface area contributed by atoms with Crippen LogP contribution in [0, 0.1) is 12.3 Å². The smallest absolute Gasteiger partial charge is 0.256 e. The Balaban J connectivity index is 1.77. The quantitative estimate of drug-likeness (QED) is 0.839. The van der Waals surface area contributed by atoms with E-state index in [0.717, 1.165) is 25.7 Å². The highest BCUT2D eigenvalue weighted by atomic mass is 16.5. The molecule has 0 aromatic carbocycles. The highest BCUT2D eigenvalue weighted by Gasteiger charge is 2.54. The average Bonchev–Trinajstić information content (AvgIpc) is 3.10. The third kappa shape index (κ3) is 3.49. The molecule has 1 aromatic heterocycles. The van der Waals surface area contributed by atoms with E-state index in [1.807, 2.05) is 11.8 Å². The number of amides is 2. The molecular formula is C20H31N3O4. The zero-order chi connectivity index (χ0) is 19.8. The maximum Gasteiger partial charge on any atom is 0.256 e. The minimum absolute atomic E-state index is 0.00693. The number of carbonyl (C=O) groups excluding carboxylic acids is 2. The predicted molar refractivity (Wildman–Crippen MR) is 100 cm³/mol. The van der Waals surface area contributed by atoms with Gasteiger partial charge in [0.15, 0.2) is 0 Å². The van der Waals surface area contributed by atoms with Crippen molar-refractivity contribution in [2.45, 2.75) is 84.4 Å². The summed E-state index contributed by atoms with van der Waals surface area (Å²) in [6.07, 6.45) is 4.59. The fourth-order valence-electron chi connectivity index (χ4n) is 5.04. The Morgan fingerprint density at radius 1 is 1.37 bits per heavy atom. The van der Waals surface area contributed by atoms with Crippen LogP contribution in [0.25, 0.3) is 0 Å². The Morgan fingerprint density at radius 2 is 2.07 bits per heavy atom. The molecule has 7 nitrogen and oxygen atoms in total. The summed E-state index contributed by atoms with van der Waals surface area (Å²) < 4.78 is 5.15. The number of likely N-dealkylation sites (tertiary alicyclic amines) is 1. The van der Waals surface area contributed by atoms with Crippen LogP contribution in [0.2, 0.25) is 0 Å². The van der Waals surface area contributed by atoms with Gasteiger partial charge >= 0.3 is 0 Å². The molecule has 2 heterocycles. The van der Waals surface area contributed by atoms with E-state index < -0.39 is 6.10 Å². The summed E-state index contributed by atoms with van der Waals surface area (Å²) in [5, 5.41) is 17.6. The number of rotatable bonds is 4. The van der Waals surface area contributed by atoms with Gasteiger partial charge in [-0.3, -0.25) is 9.59 Å². The van der Waals surface area contributed by atoms with Crippen LogP contribution in [-0.2, 0) is 11.2 Å². The molecule has 0 radical (unpaired) electrons. The molecule has 1 aromatic rings. The van der Waals surface area contributed by atoms with Crippen LogP contribution in [0.5, 0.6) is 0 Å². The second-order valence-corrected chi connectivity index (χ2v) is 8.23. The molecule has 0 bridgehead atoms. The van der Waals surface area contributed by atoms with Crippen LogP contribution < -0.4 is 5.32 Å². The molecule has 1 saturated carbocycles. The number of aryl methyl sites for hydroxylation is 2. The fourth-order valence-corrected chi connectivity index (χ4v) is 5.04. The molecule has 2 amide bonds. The molecule has 1 aliphatic heterocycles. The van der Waals surface area contributed by atoms with Crippen molar-refractivity contribution in [3.63, 3.8) is 0 Å². The monoisotopic (exact) mass is 377 g/mol. The van der Waals surface area contributed by atoms with Gasteiger partial charge in [0.2, 0.25) is 5.91 Å². The summed E-state index contributed by atoms with van der Waals surface area (Å²) in [5.74, 6) is 0.297. The lowest BCUT2D eigenvalue weighted by molar-refractivity contribution is -0.133. The Hall–Kier alpha value is -1.89. The topological polar surface area (TPSA) is 95.7 Å². The molecular weight excluding hydrogens is 346 g/mol. The van der Waals surface area contributed by atoms with E-state index in [-0.39, 0.29) is 29.3 Å². The van der Waals surface area contributed by atoms with Crippen LogP contribution in [0.3, 0.4) is 0 Å². The third-order valence-electron chi connectivity index (χ3n) is 6.49. The van der Waals surface area contributed by atoms with Gasteiger partial charge in [-0.25, -0.2) is 0 Å². The fraction of sp³-hybridized carbons (Fsp3) is 0.750. The van der Waals surface area contributed by atoms with Crippen molar-refractivity contribution in [3.05, 3.63) is 17.0 Å². The highest BCUT2D eigenvalue weighted by Crippen LogP contribution is 2.48.